The minimum atomic E-state index is 0.641. The van der Waals surface area contributed by atoms with Crippen molar-refractivity contribution in [1.29, 1.82) is 0 Å². The number of hydrogen-bond acceptors (Lipinski definition) is 6. The van der Waals surface area contributed by atoms with Gasteiger partial charge in [0.25, 0.3) is 0 Å². The fraction of sp³-hybridized carbons (Fsp3) is 0.538. The third-order valence-corrected chi connectivity index (χ3v) is 4.67. The van der Waals surface area contributed by atoms with E-state index in [0.717, 1.165) is 54.9 Å². The molecule has 0 saturated carbocycles. The number of hydrogen-bond donors (Lipinski definition) is 2. The van der Waals surface area contributed by atoms with E-state index in [1.165, 1.54) is 0 Å². The molecule has 0 atom stereocenters. The summed E-state index contributed by atoms with van der Waals surface area (Å²) in [6, 6.07) is 1.94. The molecule has 2 aromatic rings. The van der Waals surface area contributed by atoms with Crippen LogP contribution in [-0.2, 0) is 0 Å². The van der Waals surface area contributed by atoms with Gasteiger partial charge in [0.2, 0.25) is 5.95 Å². The zero-order chi connectivity index (χ0) is 13.9. The van der Waals surface area contributed by atoms with E-state index in [-0.39, 0.29) is 0 Å². The largest absolute Gasteiger partial charge is 0.495 e. The van der Waals surface area contributed by atoms with Crippen LogP contribution in [0.2, 0.25) is 0 Å². The van der Waals surface area contributed by atoms with Crippen LogP contribution in [0.1, 0.15) is 12.8 Å². The molecule has 1 aliphatic rings. The maximum atomic E-state index is 5.72. The summed E-state index contributed by atoms with van der Waals surface area (Å²) < 4.78 is 5.32. The van der Waals surface area contributed by atoms with Gasteiger partial charge in [0.15, 0.2) is 5.82 Å². The van der Waals surface area contributed by atoms with E-state index in [4.69, 9.17) is 10.5 Å². The molecule has 108 valence electrons. The number of aromatic amines is 1. The molecule has 0 aromatic carbocycles. The first kappa shape index (κ1) is 13.4. The van der Waals surface area contributed by atoms with Gasteiger partial charge in [-0.1, -0.05) is 0 Å². The summed E-state index contributed by atoms with van der Waals surface area (Å²) in [7, 11) is 1.67. The lowest BCUT2D eigenvalue weighted by atomic mass is 9.97. The maximum Gasteiger partial charge on any atom is 0.245 e. The molecule has 1 fully saturated rings. The highest BCUT2D eigenvalue weighted by molar-refractivity contribution is 7.13. The van der Waals surface area contributed by atoms with Crippen LogP contribution in [-0.4, -0.2) is 41.9 Å². The smallest absolute Gasteiger partial charge is 0.245 e. The first-order valence-electron chi connectivity index (χ1n) is 6.81. The van der Waals surface area contributed by atoms with Gasteiger partial charge in [-0.2, -0.15) is 4.98 Å². The number of methoxy groups -OCH3 is 1. The number of aromatic nitrogens is 3. The lowest BCUT2D eigenvalue weighted by Gasteiger charge is -2.30. The molecule has 6 nitrogen and oxygen atoms in total. The van der Waals surface area contributed by atoms with Gasteiger partial charge >= 0.3 is 0 Å². The molecular formula is C13H19N5OS. The Bertz CT molecular complexity index is 559. The first-order valence-corrected chi connectivity index (χ1v) is 7.69. The SMILES string of the molecule is COc1ccsc1-c1nc(N2CCC(CN)CC2)n[nH]1. The van der Waals surface area contributed by atoms with Crippen molar-refractivity contribution in [2.24, 2.45) is 11.7 Å². The van der Waals surface area contributed by atoms with Crippen molar-refractivity contribution in [3.05, 3.63) is 11.4 Å². The molecule has 20 heavy (non-hydrogen) atoms. The van der Waals surface area contributed by atoms with Crippen molar-refractivity contribution in [3.63, 3.8) is 0 Å². The van der Waals surface area contributed by atoms with Gasteiger partial charge in [0.1, 0.15) is 10.6 Å². The molecule has 3 heterocycles. The minimum Gasteiger partial charge on any atom is -0.495 e. The maximum absolute atomic E-state index is 5.72. The van der Waals surface area contributed by atoms with E-state index in [2.05, 4.69) is 20.1 Å². The lowest BCUT2D eigenvalue weighted by molar-refractivity contribution is 0.411. The third kappa shape index (κ3) is 2.51. The van der Waals surface area contributed by atoms with Crippen molar-refractivity contribution in [3.8, 4) is 16.5 Å². The van der Waals surface area contributed by atoms with Gasteiger partial charge in [0, 0.05) is 13.1 Å². The number of nitrogens with zero attached hydrogens (tertiary/aromatic N) is 3. The first-order chi connectivity index (χ1) is 9.81. The van der Waals surface area contributed by atoms with Crippen LogP contribution in [0.4, 0.5) is 5.95 Å². The summed E-state index contributed by atoms with van der Waals surface area (Å²) in [4.78, 5) is 7.80. The Kier molecular flexibility index (Phi) is 3.88. The highest BCUT2D eigenvalue weighted by Gasteiger charge is 2.22. The van der Waals surface area contributed by atoms with Crippen molar-refractivity contribution < 1.29 is 4.74 Å². The Morgan fingerprint density at radius 1 is 1.50 bits per heavy atom. The second kappa shape index (κ2) is 5.80. The molecule has 1 aliphatic heterocycles. The molecule has 7 heteroatoms. The molecule has 0 aliphatic carbocycles. The Morgan fingerprint density at radius 2 is 2.30 bits per heavy atom. The molecule has 3 rings (SSSR count). The molecule has 2 aromatic heterocycles. The minimum absolute atomic E-state index is 0.641. The summed E-state index contributed by atoms with van der Waals surface area (Å²) >= 11 is 1.60. The van der Waals surface area contributed by atoms with Crippen molar-refractivity contribution in [2.75, 3.05) is 31.6 Å². The number of anilines is 1. The summed E-state index contributed by atoms with van der Waals surface area (Å²) in [6.07, 6.45) is 2.23. The fourth-order valence-corrected chi connectivity index (χ4v) is 3.29. The highest BCUT2D eigenvalue weighted by Crippen LogP contribution is 2.33. The molecule has 3 N–H and O–H groups in total. The molecular weight excluding hydrogens is 274 g/mol. The van der Waals surface area contributed by atoms with Gasteiger partial charge < -0.3 is 15.4 Å². The van der Waals surface area contributed by atoms with E-state index in [1.54, 1.807) is 18.4 Å². The van der Waals surface area contributed by atoms with Crippen LogP contribution in [0, 0.1) is 5.92 Å². The summed E-state index contributed by atoms with van der Waals surface area (Å²) in [6.45, 7) is 2.72. The molecule has 1 saturated heterocycles. The fourth-order valence-electron chi connectivity index (χ4n) is 2.50. The molecule has 0 amide bonds. The number of ether oxygens (including phenoxy) is 1. The average Bonchev–Trinajstić information content (AvgIpc) is 3.15. The molecule has 0 bridgehead atoms. The Hall–Kier alpha value is -1.60. The predicted molar refractivity (Wildman–Crippen MR) is 80.2 cm³/mol. The number of rotatable bonds is 4. The average molecular weight is 293 g/mol. The second-order valence-electron chi connectivity index (χ2n) is 4.97. The van der Waals surface area contributed by atoms with Crippen molar-refractivity contribution >= 4 is 17.3 Å². The van der Waals surface area contributed by atoms with Crippen LogP contribution in [0.15, 0.2) is 11.4 Å². The van der Waals surface area contributed by atoms with Crippen LogP contribution in [0.3, 0.4) is 0 Å². The number of thiophene rings is 1. The van der Waals surface area contributed by atoms with Crippen LogP contribution >= 0.6 is 11.3 Å². The second-order valence-corrected chi connectivity index (χ2v) is 5.88. The van der Waals surface area contributed by atoms with E-state index in [1.807, 2.05) is 11.4 Å². The van der Waals surface area contributed by atoms with Crippen molar-refractivity contribution in [2.45, 2.75) is 12.8 Å². The quantitative estimate of drug-likeness (QED) is 0.897. The summed E-state index contributed by atoms with van der Waals surface area (Å²) in [5.41, 5.74) is 5.72. The van der Waals surface area contributed by atoms with E-state index in [9.17, 15) is 0 Å². The Labute approximate surface area is 122 Å². The number of nitrogens with two attached hydrogens (primary N) is 1. The van der Waals surface area contributed by atoms with Gasteiger partial charge in [-0.15, -0.1) is 16.4 Å². The van der Waals surface area contributed by atoms with Gasteiger partial charge in [-0.25, -0.2) is 0 Å². The molecule has 0 unspecified atom stereocenters. The monoisotopic (exact) mass is 293 g/mol. The Balaban J connectivity index is 1.74. The normalized spacial score (nSPS) is 16.6. The predicted octanol–water partition coefficient (Wildman–Crippen LogP) is 1.72. The van der Waals surface area contributed by atoms with E-state index in [0.29, 0.717) is 5.92 Å². The number of piperidine rings is 1. The summed E-state index contributed by atoms with van der Waals surface area (Å²) in [5.74, 6) is 3.01. The summed E-state index contributed by atoms with van der Waals surface area (Å²) in [5, 5.41) is 9.33. The third-order valence-electron chi connectivity index (χ3n) is 3.77. The van der Waals surface area contributed by atoms with Crippen LogP contribution in [0.25, 0.3) is 10.7 Å². The standard InChI is InChI=1S/C13H19N5OS/c1-19-10-4-7-20-11(10)12-15-13(17-16-12)18-5-2-9(8-14)3-6-18/h4,7,9H,2-3,5-6,8,14H2,1H3,(H,15,16,17). The van der Waals surface area contributed by atoms with E-state index >= 15 is 0 Å². The highest BCUT2D eigenvalue weighted by atomic mass is 32.1. The van der Waals surface area contributed by atoms with Crippen LogP contribution < -0.4 is 15.4 Å². The van der Waals surface area contributed by atoms with Gasteiger partial charge in [-0.05, 0) is 36.8 Å². The van der Waals surface area contributed by atoms with Gasteiger partial charge in [-0.3, -0.25) is 5.10 Å². The number of H-pyrrole nitrogens is 1. The zero-order valence-corrected chi connectivity index (χ0v) is 12.3. The topological polar surface area (TPSA) is 80.1 Å². The zero-order valence-electron chi connectivity index (χ0n) is 11.5. The number of nitrogens with one attached hydrogen (secondary N) is 1. The van der Waals surface area contributed by atoms with Gasteiger partial charge in [0.05, 0.1) is 7.11 Å². The lowest BCUT2D eigenvalue weighted by Crippen LogP contribution is -2.36. The molecule has 0 spiro atoms. The Morgan fingerprint density at radius 3 is 3.00 bits per heavy atom. The van der Waals surface area contributed by atoms with Crippen LogP contribution in [0.5, 0.6) is 5.75 Å². The van der Waals surface area contributed by atoms with Crippen molar-refractivity contribution in [1.82, 2.24) is 15.2 Å². The molecule has 0 radical (unpaired) electrons. The van der Waals surface area contributed by atoms with E-state index < -0.39 is 0 Å².